The molecule has 1 saturated heterocycles. The second kappa shape index (κ2) is 15.6. The predicted molar refractivity (Wildman–Crippen MR) is 198 cm³/mol. The van der Waals surface area contributed by atoms with Crippen LogP contribution in [0.3, 0.4) is 0 Å². The summed E-state index contributed by atoms with van der Waals surface area (Å²) < 4.78 is 17.8. The Morgan fingerprint density at radius 1 is 1.04 bits per heavy atom. The number of pyridine rings is 1. The lowest BCUT2D eigenvalue weighted by atomic mass is 10.0. The molecule has 0 bridgehead atoms. The lowest BCUT2D eigenvalue weighted by Crippen LogP contribution is -2.56. The summed E-state index contributed by atoms with van der Waals surface area (Å²) in [6, 6.07) is 5.27. The second-order valence-electron chi connectivity index (χ2n) is 14.3. The number of allylic oxidation sites excluding steroid dienone is 1. The maximum Gasteiger partial charge on any atom is 0.408 e. The number of rotatable bonds is 8. The standard InChI is InChI=1S/C38H46N6O8S/c1-39-36-41-30(21-53-36)29-18-32(26-15-14-24(50-2)16-28(26)40-29)51-25-17-31-33(45)43-38(35(47)48)19-22(38)10-6-4-3-5-7-13-27(34(46)44(31)20-25)42-37(49)52-23-11-8-9-12-23/h6,10,14-16,18,21-23,25,27,31H,3-5,7-9,11-13,17,19-20H2,1-2H3,(H,39,41)(H,42,49)(H,43,45)(H,47,48)/b10-6-/t22-,25-,27?,31+,38-/m1/s1. The molecule has 2 aromatic heterocycles. The minimum absolute atomic E-state index is 0.0338. The Morgan fingerprint density at radius 3 is 2.60 bits per heavy atom. The van der Waals surface area contributed by atoms with Crippen LogP contribution in [0.4, 0.5) is 9.93 Å². The van der Waals surface area contributed by atoms with Gasteiger partial charge in [0.2, 0.25) is 11.8 Å². The zero-order chi connectivity index (χ0) is 37.1. The number of nitrogens with one attached hydrogen (secondary N) is 3. The van der Waals surface area contributed by atoms with Crippen LogP contribution in [0.1, 0.15) is 70.6 Å². The first kappa shape index (κ1) is 36.4. The van der Waals surface area contributed by atoms with Crippen LogP contribution >= 0.6 is 11.3 Å². The molecule has 1 aromatic carbocycles. The second-order valence-corrected chi connectivity index (χ2v) is 15.2. The number of amides is 3. The molecule has 0 radical (unpaired) electrons. The fourth-order valence-corrected chi connectivity index (χ4v) is 8.36. The number of aliphatic carboxylic acids is 1. The molecule has 3 fully saturated rings. The normalized spacial score (nSPS) is 27.1. The highest BCUT2D eigenvalue weighted by atomic mass is 32.1. The van der Waals surface area contributed by atoms with Crippen molar-refractivity contribution in [2.45, 2.75) is 100 Å². The summed E-state index contributed by atoms with van der Waals surface area (Å²) >= 11 is 1.44. The number of alkyl carbamates (subject to hydrolysis) is 1. The van der Waals surface area contributed by atoms with E-state index in [0.717, 1.165) is 50.1 Å². The third kappa shape index (κ3) is 7.90. The molecule has 4 aliphatic rings. The lowest BCUT2D eigenvalue weighted by molar-refractivity contribution is -0.145. The van der Waals surface area contributed by atoms with E-state index in [2.05, 4.69) is 20.9 Å². The zero-order valence-electron chi connectivity index (χ0n) is 30.0. The van der Waals surface area contributed by atoms with Gasteiger partial charge in [-0.15, -0.1) is 11.3 Å². The number of hydrogen-bond donors (Lipinski definition) is 4. The van der Waals surface area contributed by atoms with Crippen molar-refractivity contribution < 1.29 is 38.5 Å². The van der Waals surface area contributed by atoms with Crippen molar-refractivity contribution in [3.05, 3.63) is 41.8 Å². The van der Waals surface area contributed by atoms with Crippen LogP contribution in [0, 0.1) is 5.92 Å². The quantitative estimate of drug-likeness (QED) is 0.221. The molecule has 2 aliphatic carbocycles. The van der Waals surface area contributed by atoms with Crippen LogP contribution in [-0.2, 0) is 19.1 Å². The van der Waals surface area contributed by atoms with Gasteiger partial charge in [-0.2, -0.15) is 0 Å². The van der Waals surface area contributed by atoms with Crippen molar-refractivity contribution in [1.82, 2.24) is 25.5 Å². The molecular weight excluding hydrogens is 701 g/mol. The molecule has 2 saturated carbocycles. The van der Waals surface area contributed by atoms with Gasteiger partial charge in [-0.1, -0.05) is 25.0 Å². The number of methoxy groups -OCH3 is 1. The number of fused-ring (bicyclic) bond motifs is 3. The van der Waals surface area contributed by atoms with E-state index in [1.54, 1.807) is 32.4 Å². The van der Waals surface area contributed by atoms with Crippen molar-refractivity contribution in [2.24, 2.45) is 5.92 Å². The van der Waals surface area contributed by atoms with Gasteiger partial charge in [0, 0.05) is 42.3 Å². The average molecular weight is 747 g/mol. The third-order valence-corrected chi connectivity index (χ3v) is 11.6. The van der Waals surface area contributed by atoms with Crippen LogP contribution in [-0.4, -0.2) is 94.4 Å². The molecule has 4 heterocycles. The van der Waals surface area contributed by atoms with Crippen LogP contribution in [0.2, 0.25) is 0 Å². The number of carbonyl (C=O) groups is 4. The van der Waals surface area contributed by atoms with E-state index < -0.39 is 47.6 Å². The number of carboxylic acid groups (broad SMARTS) is 1. The summed E-state index contributed by atoms with van der Waals surface area (Å²) in [6.45, 7) is 0.0338. The first-order chi connectivity index (χ1) is 25.7. The Bertz CT molecular complexity index is 1890. The third-order valence-electron chi connectivity index (χ3n) is 10.7. The SMILES string of the molecule is CNc1nc(-c2cc(O[C@@H]3C[C@H]4C(=O)N[C@]5(C(=O)O)C[C@H]5/C=C\CCCCCC(NC(=O)OC5CCCC5)C(=O)N4C3)c3ccc(OC)cc3n2)cs1. The molecule has 15 heteroatoms. The first-order valence-electron chi connectivity index (χ1n) is 18.5. The van der Waals surface area contributed by atoms with E-state index in [4.69, 9.17) is 19.2 Å². The van der Waals surface area contributed by atoms with E-state index >= 15 is 0 Å². The summed E-state index contributed by atoms with van der Waals surface area (Å²) in [5, 5.41) is 22.2. The number of aromatic nitrogens is 2. The fraction of sp³-hybridized carbons (Fsp3) is 0.526. The van der Waals surface area contributed by atoms with Crippen molar-refractivity contribution >= 4 is 51.2 Å². The van der Waals surface area contributed by atoms with Gasteiger partial charge in [0.05, 0.1) is 24.9 Å². The summed E-state index contributed by atoms with van der Waals surface area (Å²) in [5.74, 6) is -1.37. The largest absolute Gasteiger partial charge is 0.497 e. The highest BCUT2D eigenvalue weighted by Gasteiger charge is 2.61. The maximum absolute atomic E-state index is 14.5. The van der Waals surface area contributed by atoms with Crippen LogP contribution < -0.4 is 25.4 Å². The summed E-state index contributed by atoms with van der Waals surface area (Å²) in [6.07, 6.45) is 9.72. The van der Waals surface area contributed by atoms with Crippen molar-refractivity contribution in [1.29, 1.82) is 0 Å². The molecule has 7 rings (SSSR count). The summed E-state index contributed by atoms with van der Waals surface area (Å²) in [5.41, 5.74) is 0.382. The van der Waals surface area contributed by atoms with Gasteiger partial charge in [0.15, 0.2) is 5.13 Å². The monoisotopic (exact) mass is 746 g/mol. The number of carboxylic acids is 1. The van der Waals surface area contributed by atoms with Gasteiger partial charge in [0.25, 0.3) is 0 Å². The van der Waals surface area contributed by atoms with E-state index in [0.29, 0.717) is 46.6 Å². The van der Waals surface area contributed by atoms with E-state index in [-0.39, 0.29) is 31.4 Å². The fourth-order valence-electron chi connectivity index (χ4n) is 7.70. The number of nitrogens with zero attached hydrogens (tertiary/aromatic N) is 3. The first-order valence-corrected chi connectivity index (χ1v) is 19.3. The van der Waals surface area contributed by atoms with E-state index in [1.165, 1.54) is 16.2 Å². The number of anilines is 1. The number of thiazole rings is 1. The Labute approximate surface area is 311 Å². The van der Waals surface area contributed by atoms with E-state index in [9.17, 15) is 24.3 Å². The Hall–Kier alpha value is -4.92. The minimum atomic E-state index is -1.45. The van der Waals surface area contributed by atoms with Crippen LogP contribution in [0.5, 0.6) is 11.5 Å². The Kier molecular flexibility index (Phi) is 10.7. The molecule has 3 amide bonds. The number of benzene rings is 1. The molecule has 14 nitrogen and oxygen atoms in total. The van der Waals surface area contributed by atoms with Crippen molar-refractivity contribution in [3.8, 4) is 22.9 Å². The number of hydrogen-bond acceptors (Lipinski definition) is 11. The van der Waals surface area contributed by atoms with E-state index in [1.807, 2.05) is 23.6 Å². The molecule has 3 aromatic rings. The summed E-state index contributed by atoms with van der Waals surface area (Å²) in [7, 11) is 3.37. The van der Waals surface area contributed by atoms with Gasteiger partial charge in [-0.3, -0.25) is 9.59 Å². The Morgan fingerprint density at radius 2 is 1.85 bits per heavy atom. The van der Waals surface area contributed by atoms with Gasteiger partial charge in [-0.25, -0.2) is 19.6 Å². The Balaban J connectivity index is 1.20. The molecular formula is C38H46N6O8S. The minimum Gasteiger partial charge on any atom is -0.497 e. The molecule has 2 aliphatic heterocycles. The molecule has 5 atom stereocenters. The van der Waals surface area contributed by atoms with Gasteiger partial charge in [-0.05, 0) is 63.5 Å². The number of ether oxygens (including phenoxy) is 3. The molecule has 0 spiro atoms. The molecule has 282 valence electrons. The van der Waals surface area contributed by atoms with Crippen LogP contribution in [0.15, 0.2) is 41.8 Å². The summed E-state index contributed by atoms with van der Waals surface area (Å²) in [4.78, 5) is 65.2. The van der Waals surface area contributed by atoms with Gasteiger partial charge < -0.3 is 40.2 Å². The van der Waals surface area contributed by atoms with Gasteiger partial charge >= 0.3 is 12.1 Å². The molecule has 4 N–H and O–H groups in total. The molecule has 1 unspecified atom stereocenters. The zero-order valence-corrected chi connectivity index (χ0v) is 30.8. The van der Waals surface area contributed by atoms with Gasteiger partial charge in [0.1, 0.15) is 47.0 Å². The average Bonchev–Trinajstić information content (AvgIpc) is 3.60. The lowest BCUT2D eigenvalue weighted by Gasteiger charge is -2.29. The smallest absolute Gasteiger partial charge is 0.408 e. The maximum atomic E-state index is 14.5. The number of carbonyl (C=O) groups excluding carboxylic acids is 3. The van der Waals surface area contributed by atoms with Crippen molar-refractivity contribution in [3.63, 3.8) is 0 Å². The predicted octanol–water partition coefficient (Wildman–Crippen LogP) is 5.27. The highest BCUT2D eigenvalue weighted by Crippen LogP contribution is 2.45. The molecule has 53 heavy (non-hydrogen) atoms. The van der Waals surface area contributed by atoms with Crippen LogP contribution in [0.25, 0.3) is 22.3 Å². The highest BCUT2D eigenvalue weighted by molar-refractivity contribution is 7.14. The van der Waals surface area contributed by atoms with Crippen molar-refractivity contribution in [2.75, 3.05) is 26.0 Å². The topological polar surface area (TPSA) is 181 Å².